The maximum Gasteiger partial charge on any atom is 0.458 e. The lowest BCUT2D eigenvalue weighted by molar-refractivity contribution is -0.287. The second-order valence-electron chi connectivity index (χ2n) is 10.5. The molecular formula is C26H30F5N3O6S2. The quantitative estimate of drug-likeness (QED) is 0.225. The lowest BCUT2D eigenvalue weighted by atomic mass is 9.88. The molecule has 16 heteroatoms. The van der Waals surface area contributed by atoms with Crippen molar-refractivity contribution in [3.05, 3.63) is 39.2 Å². The van der Waals surface area contributed by atoms with Crippen molar-refractivity contribution in [2.75, 3.05) is 17.3 Å². The minimum absolute atomic E-state index is 0.105. The molecule has 42 heavy (non-hydrogen) atoms. The number of alkyl halides is 5. The average molecular weight is 640 g/mol. The minimum Gasteiger partial charge on any atom is -0.462 e. The van der Waals surface area contributed by atoms with Crippen LogP contribution in [-0.4, -0.2) is 49.6 Å². The molecule has 9 nitrogen and oxygen atoms in total. The molecule has 2 heterocycles. The second kappa shape index (κ2) is 12.1. The van der Waals surface area contributed by atoms with Crippen molar-refractivity contribution < 1.29 is 49.4 Å². The van der Waals surface area contributed by atoms with Crippen LogP contribution < -0.4 is 4.90 Å². The van der Waals surface area contributed by atoms with Crippen molar-refractivity contribution in [2.45, 2.75) is 83.0 Å². The van der Waals surface area contributed by atoms with Gasteiger partial charge in [0.15, 0.2) is 15.7 Å². The molecular weight excluding hydrogens is 609 g/mol. The minimum atomic E-state index is -6.00. The third-order valence-corrected chi connectivity index (χ3v) is 8.61. The molecule has 0 aliphatic heterocycles. The standard InChI is InChI=1S/C26H30F5N3O6S2/c1-8-39-21(35)16-11-19(25(27,28)26(29,30)31)41-17(16)13-34(22(36)40-23(3,4)5)20-18(42(37,38)9-2)10-15(12-33-20)24(6,7)14-32/h10-12H,8-9,13H2,1-7H3. The van der Waals surface area contributed by atoms with E-state index in [9.17, 15) is 45.2 Å². The Balaban J connectivity index is 2.91. The summed E-state index contributed by atoms with van der Waals surface area (Å²) in [7, 11) is -4.19. The number of aromatic nitrogens is 1. The Kier molecular flexibility index (Phi) is 10.1. The first-order valence-electron chi connectivity index (χ1n) is 12.4. The lowest BCUT2D eigenvalue weighted by Crippen LogP contribution is -2.38. The molecule has 0 saturated heterocycles. The summed E-state index contributed by atoms with van der Waals surface area (Å²) >= 11 is -0.105. The number of rotatable bonds is 9. The number of anilines is 1. The molecule has 1 amide bonds. The number of pyridine rings is 1. The van der Waals surface area contributed by atoms with Gasteiger partial charge in [-0.05, 0) is 59.2 Å². The third-order valence-electron chi connectivity index (χ3n) is 5.69. The van der Waals surface area contributed by atoms with E-state index in [1.807, 2.05) is 6.07 Å². The zero-order chi connectivity index (χ0) is 32.5. The fraction of sp³-hybridized carbons (Fsp3) is 0.538. The Hall–Kier alpha value is -3.32. The van der Waals surface area contributed by atoms with Gasteiger partial charge >= 0.3 is 24.2 Å². The molecule has 0 saturated carbocycles. The van der Waals surface area contributed by atoms with Crippen LogP contribution in [0.5, 0.6) is 0 Å². The predicted molar refractivity (Wildman–Crippen MR) is 143 cm³/mol. The zero-order valence-electron chi connectivity index (χ0n) is 23.9. The predicted octanol–water partition coefficient (Wildman–Crippen LogP) is 6.51. The number of nitriles is 1. The number of hydrogen-bond acceptors (Lipinski definition) is 9. The highest BCUT2D eigenvalue weighted by Crippen LogP contribution is 2.47. The molecule has 0 bridgehead atoms. The molecule has 0 radical (unpaired) electrons. The average Bonchev–Trinajstić information content (AvgIpc) is 3.30. The van der Waals surface area contributed by atoms with E-state index >= 15 is 0 Å². The Morgan fingerprint density at radius 3 is 2.14 bits per heavy atom. The smallest absolute Gasteiger partial charge is 0.458 e. The van der Waals surface area contributed by atoms with Gasteiger partial charge in [0, 0.05) is 11.1 Å². The Morgan fingerprint density at radius 2 is 1.67 bits per heavy atom. The number of sulfone groups is 1. The number of carbonyl (C=O) groups excluding carboxylic acids is 2. The summed E-state index contributed by atoms with van der Waals surface area (Å²) in [5.41, 5.74) is -2.91. The lowest BCUT2D eigenvalue weighted by Gasteiger charge is -2.28. The highest BCUT2D eigenvalue weighted by Gasteiger charge is 2.60. The summed E-state index contributed by atoms with van der Waals surface area (Å²) in [5.74, 6) is -7.61. The van der Waals surface area contributed by atoms with Crippen molar-refractivity contribution in [3.8, 4) is 6.07 Å². The first-order valence-corrected chi connectivity index (χ1v) is 14.9. The molecule has 0 unspecified atom stereocenters. The number of amides is 1. The van der Waals surface area contributed by atoms with Crippen molar-refractivity contribution in [2.24, 2.45) is 0 Å². The fourth-order valence-corrected chi connectivity index (χ4v) is 5.53. The van der Waals surface area contributed by atoms with Gasteiger partial charge in [-0.1, -0.05) is 6.92 Å². The highest BCUT2D eigenvalue weighted by molar-refractivity contribution is 7.91. The van der Waals surface area contributed by atoms with Gasteiger partial charge < -0.3 is 9.47 Å². The van der Waals surface area contributed by atoms with Gasteiger partial charge in [-0.25, -0.2) is 23.0 Å². The number of carbonyl (C=O) groups is 2. The van der Waals surface area contributed by atoms with Crippen LogP contribution in [0, 0.1) is 11.3 Å². The monoisotopic (exact) mass is 639 g/mol. The van der Waals surface area contributed by atoms with Gasteiger partial charge in [0.25, 0.3) is 0 Å². The van der Waals surface area contributed by atoms with Gasteiger partial charge in [0.05, 0.1) is 40.8 Å². The van der Waals surface area contributed by atoms with Crippen LogP contribution >= 0.6 is 11.3 Å². The number of nitrogens with zero attached hydrogens (tertiary/aromatic N) is 3. The maximum atomic E-state index is 14.3. The largest absolute Gasteiger partial charge is 0.462 e. The Labute approximate surface area is 244 Å². The molecule has 0 fully saturated rings. The molecule has 0 N–H and O–H groups in total. The van der Waals surface area contributed by atoms with Crippen LogP contribution in [0.3, 0.4) is 0 Å². The maximum absolute atomic E-state index is 14.3. The molecule has 0 atom stereocenters. The van der Waals surface area contributed by atoms with Gasteiger partial charge in [0.2, 0.25) is 0 Å². The van der Waals surface area contributed by atoms with E-state index in [1.54, 1.807) is 0 Å². The first kappa shape index (κ1) is 34.9. The van der Waals surface area contributed by atoms with E-state index in [0.717, 1.165) is 12.3 Å². The van der Waals surface area contributed by atoms with Crippen LogP contribution in [0.2, 0.25) is 0 Å². The summed E-state index contributed by atoms with van der Waals surface area (Å²) in [6.07, 6.45) is -6.10. The number of ether oxygens (including phenoxy) is 2. The van der Waals surface area contributed by atoms with E-state index in [2.05, 4.69) is 4.98 Å². The van der Waals surface area contributed by atoms with Crippen LogP contribution in [-0.2, 0) is 37.2 Å². The highest BCUT2D eigenvalue weighted by atomic mass is 32.2. The van der Waals surface area contributed by atoms with Crippen LogP contribution in [0.15, 0.2) is 23.2 Å². The molecule has 0 spiro atoms. The number of thiophene rings is 1. The first-order chi connectivity index (χ1) is 19.0. The molecule has 232 valence electrons. The zero-order valence-corrected chi connectivity index (χ0v) is 25.5. The van der Waals surface area contributed by atoms with Crippen molar-refractivity contribution >= 4 is 39.1 Å². The van der Waals surface area contributed by atoms with Gasteiger partial charge in [-0.3, -0.25) is 4.90 Å². The van der Waals surface area contributed by atoms with Gasteiger partial charge in [0.1, 0.15) is 10.5 Å². The molecule has 2 aromatic rings. The van der Waals surface area contributed by atoms with Crippen LogP contribution in [0.25, 0.3) is 0 Å². The Bertz CT molecular complexity index is 1490. The topological polar surface area (TPSA) is 127 Å². The molecule has 2 rings (SSSR count). The van der Waals surface area contributed by atoms with E-state index in [4.69, 9.17) is 9.47 Å². The molecule has 0 aromatic carbocycles. The summed E-state index contributed by atoms with van der Waals surface area (Å²) in [4.78, 5) is 28.2. The van der Waals surface area contributed by atoms with E-state index in [1.165, 1.54) is 48.5 Å². The SMILES string of the molecule is CCOC(=O)c1cc(C(F)(F)C(F)(F)F)sc1CN(C(=O)OC(C)(C)C)c1ncc(C(C)(C)C#N)cc1S(=O)(=O)CC. The summed E-state index contributed by atoms with van der Waals surface area (Å²) in [6, 6.07) is 3.46. The molecule has 0 aliphatic rings. The van der Waals surface area contributed by atoms with Crippen molar-refractivity contribution in [1.29, 1.82) is 5.26 Å². The van der Waals surface area contributed by atoms with Crippen LogP contribution in [0.1, 0.15) is 74.1 Å². The van der Waals surface area contributed by atoms with Gasteiger partial charge in [-0.2, -0.15) is 27.2 Å². The van der Waals surface area contributed by atoms with Crippen molar-refractivity contribution in [1.82, 2.24) is 4.98 Å². The summed E-state index contributed by atoms with van der Waals surface area (Å²) in [6.45, 7) is 9.00. The van der Waals surface area contributed by atoms with Gasteiger partial charge in [-0.15, -0.1) is 11.3 Å². The van der Waals surface area contributed by atoms with Crippen molar-refractivity contribution in [3.63, 3.8) is 0 Å². The van der Waals surface area contributed by atoms with E-state index in [0.29, 0.717) is 11.0 Å². The van der Waals surface area contributed by atoms with E-state index < -0.39 is 83.3 Å². The fourth-order valence-electron chi connectivity index (χ4n) is 3.34. The molecule has 0 aliphatic carbocycles. The Morgan fingerprint density at radius 1 is 1.07 bits per heavy atom. The normalized spacial score (nSPS) is 12.9. The summed E-state index contributed by atoms with van der Waals surface area (Å²) < 4.78 is 105. The number of esters is 1. The van der Waals surface area contributed by atoms with Crippen LogP contribution in [0.4, 0.5) is 32.6 Å². The van der Waals surface area contributed by atoms with E-state index in [-0.39, 0.29) is 23.5 Å². The number of hydrogen-bond donors (Lipinski definition) is 0. The summed E-state index contributed by atoms with van der Waals surface area (Å²) in [5, 5.41) is 9.54. The second-order valence-corrected chi connectivity index (χ2v) is 13.9. The third kappa shape index (κ3) is 7.54. The number of halogens is 5. The molecule has 2 aromatic heterocycles.